The van der Waals surface area contributed by atoms with Crippen LogP contribution in [0.3, 0.4) is 0 Å². The Morgan fingerprint density at radius 3 is 2.50 bits per heavy atom. The summed E-state index contributed by atoms with van der Waals surface area (Å²) in [4.78, 5) is 11.5. The molecule has 0 spiro atoms. The van der Waals surface area contributed by atoms with Crippen LogP contribution < -0.4 is 10.6 Å². The van der Waals surface area contributed by atoms with E-state index in [0.29, 0.717) is 6.54 Å². The number of urea groups is 1. The molecule has 1 aromatic carbocycles. The minimum atomic E-state index is -0.676. The average molecular weight is 280 g/mol. The van der Waals surface area contributed by atoms with E-state index in [1.165, 1.54) is 23.8 Å². The van der Waals surface area contributed by atoms with Gasteiger partial charge < -0.3 is 20.5 Å². The highest BCUT2D eigenvalue weighted by Crippen LogP contribution is 2.08. The predicted octanol–water partition coefficient (Wildman–Crippen LogP) is 1.15. The number of carbonyl (C=O) groups excluding carboxylic acids is 1. The van der Waals surface area contributed by atoms with Gasteiger partial charge in [0.15, 0.2) is 0 Å². The maximum Gasteiger partial charge on any atom is 0.314 e. The van der Waals surface area contributed by atoms with Crippen LogP contribution in [0.15, 0.2) is 18.2 Å². The van der Waals surface area contributed by atoms with E-state index in [4.69, 9.17) is 4.74 Å². The van der Waals surface area contributed by atoms with Crippen LogP contribution in [0.2, 0.25) is 0 Å². The molecule has 0 saturated heterocycles. The van der Waals surface area contributed by atoms with E-state index in [0.717, 1.165) is 6.42 Å². The molecule has 20 heavy (non-hydrogen) atoms. The first kappa shape index (κ1) is 16.5. The highest BCUT2D eigenvalue weighted by molar-refractivity contribution is 5.73. The summed E-state index contributed by atoms with van der Waals surface area (Å²) >= 11 is 0. The monoisotopic (exact) mass is 280 g/mol. The number of aliphatic hydroxyl groups excluding tert-OH is 1. The molecule has 1 aromatic rings. The van der Waals surface area contributed by atoms with Crippen molar-refractivity contribution in [2.45, 2.75) is 26.4 Å². The van der Waals surface area contributed by atoms with E-state index in [2.05, 4.69) is 42.7 Å². The SMILES string of the molecule is COCC(O)CNC(=O)NCCc1cc(C)cc(C)c1. The summed E-state index contributed by atoms with van der Waals surface area (Å²) in [6, 6.07) is 6.09. The third kappa shape index (κ3) is 6.54. The summed E-state index contributed by atoms with van der Waals surface area (Å²) in [5, 5.41) is 14.8. The highest BCUT2D eigenvalue weighted by atomic mass is 16.5. The van der Waals surface area contributed by atoms with E-state index in [1.54, 1.807) is 0 Å². The number of nitrogens with one attached hydrogen (secondary N) is 2. The van der Waals surface area contributed by atoms with Crippen LogP contribution in [-0.4, -0.2) is 44.0 Å². The number of benzene rings is 1. The quantitative estimate of drug-likeness (QED) is 0.702. The summed E-state index contributed by atoms with van der Waals surface area (Å²) in [7, 11) is 1.51. The normalized spacial score (nSPS) is 12.0. The van der Waals surface area contributed by atoms with E-state index < -0.39 is 6.10 Å². The van der Waals surface area contributed by atoms with Gasteiger partial charge in [-0.15, -0.1) is 0 Å². The molecule has 0 heterocycles. The van der Waals surface area contributed by atoms with Gasteiger partial charge in [-0.1, -0.05) is 29.3 Å². The average Bonchev–Trinajstić information content (AvgIpc) is 2.35. The van der Waals surface area contributed by atoms with Crippen molar-refractivity contribution >= 4 is 6.03 Å². The van der Waals surface area contributed by atoms with Crippen LogP contribution in [-0.2, 0) is 11.2 Å². The van der Waals surface area contributed by atoms with E-state index in [1.807, 2.05) is 0 Å². The maximum atomic E-state index is 11.5. The Balaban J connectivity index is 2.24. The lowest BCUT2D eigenvalue weighted by Gasteiger charge is -2.12. The van der Waals surface area contributed by atoms with Gasteiger partial charge in [0.2, 0.25) is 0 Å². The summed E-state index contributed by atoms with van der Waals surface area (Å²) in [5.41, 5.74) is 3.67. The van der Waals surface area contributed by atoms with Crippen LogP contribution in [0.1, 0.15) is 16.7 Å². The van der Waals surface area contributed by atoms with Gasteiger partial charge in [-0.05, 0) is 25.8 Å². The second-order valence-corrected chi connectivity index (χ2v) is 4.99. The number of ether oxygens (including phenoxy) is 1. The molecule has 2 amide bonds. The first-order valence-corrected chi connectivity index (χ1v) is 6.77. The third-order valence-corrected chi connectivity index (χ3v) is 2.84. The van der Waals surface area contributed by atoms with Crippen LogP contribution in [0.4, 0.5) is 4.79 Å². The fraction of sp³-hybridized carbons (Fsp3) is 0.533. The Morgan fingerprint density at radius 1 is 1.25 bits per heavy atom. The lowest BCUT2D eigenvalue weighted by molar-refractivity contribution is 0.0660. The number of amides is 2. The Bertz CT molecular complexity index is 415. The lowest BCUT2D eigenvalue weighted by Crippen LogP contribution is -2.41. The standard InChI is InChI=1S/C15H24N2O3/c1-11-6-12(2)8-13(7-11)4-5-16-15(19)17-9-14(18)10-20-3/h6-8,14,18H,4-5,9-10H2,1-3H3,(H2,16,17,19). The van der Waals surface area contributed by atoms with Crippen molar-refractivity contribution in [2.24, 2.45) is 0 Å². The summed E-state index contributed by atoms with van der Waals surface area (Å²) < 4.78 is 4.78. The lowest BCUT2D eigenvalue weighted by atomic mass is 10.1. The minimum absolute atomic E-state index is 0.184. The molecular formula is C15H24N2O3. The largest absolute Gasteiger partial charge is 0.389 e. The van der Waals surface area contributed by atoms with E-state index in [9.17, 15) is 9.90 Å². The number of carbonyl (C=O) groups is 1. The molecular weight excluding hydrogens is 256 g/mol. The number of rotatable bonds is 7. The topological polar surface area (TPSA) is 70.6 Å². The maximum absolute atomic E-state index is 11.5. The summed E-state index contributed by atoms with van der Waals surface area (Å²) in [6.45, 7) is 5.09. The molecule has 5 heteroatoms. The van der Waals surface area contributed by atoms with Crippen molar-refractivity contribution in [2.75, 3.05) is 26.8 Å². The molecule has 112 valence electrons. The minimum Gasteiger partial charge on any atom is -0.389 e. The molecule has 0 aliphatic carbocycles. The van der Waals surface area contributed by atoms with Crippen molar-refractivity contribution in [3.8, 4) is 0 Å². The van der Waals surface area contributed by atoms with Crippen LogP contribution in [0, 0.1) is 13.8 Å². The zero-order chi connectivity index (χ0) is 15.0. The zero-order valence-corrected chi connectivity index (χ0v) is 12.4. The number of aliphatic hydroxyl groups is 1. The first-order valence-electron chi connectivity index (χ1n) is 6.77. The van der Waals surface area contributed by atoms with Gasteiger partial charge in [-0.2, -0.15) is 0 Å². The molecule has 1 rings (SSSR count). The van der Waals surface area contributed by atoms with Gasteiger partial charge in [0.05, 0.1) is 12.7 Å². The molecule has 0 saturated carbocycles. The van der Waals surface area contributed by atoms with Crippen molar-refractivity contribution in [3.05, 3.63) is 34.9 Å². The molecule has 3 N–H and O–H groups in total. The van der Waals surface area contributed by atoms with E-state index in [-0.39, 0.29) is 19.2 Å². The van der Waals surface area contributed by atoms with Gasteiger partial charge in [0.25, 0.3) is 0 Å². The first-order chi connectivity index (χ1) is 9.51. The van der Waals surface area contributed by atoms with Crippen LogP contribution in [0.5, 0.6) is 0 Å². The molecule has 0 bridgehead atoms. The summed E-state index contributed by atoms with van der Waals surface area (Å²) in [6.07, 6.45) is 0.112. The fourth-order valence-electron chi connectivity index (χ4n) is 2.06. The van der Waals surface area contributed by atoms with Crippen LogP contribution >= 0.6 is 0 Å². The number of hydrogen-bond acceptors (Lipinski definition) is 3. The molecule has 1 atom stereocenters. The Labute approximate surface area is 120 Å². The molecule has 0 radical (unpaired) electrons. The molecule has 0 aliphatic rings. The predicted molar refractivity (Wildman–Crippen MR) is 78.9 cm³/mol. The zero-order valence-electron chi connectivity index (χ0n) is 12.4. The second-order valence-electron chi connectivity index (χ2n) is 4.99. The number of hydrogen-bond donors (Lipinski definition) is 3. The van der Waals surface area contributed by atoms with Crippen molar-refractivity contribution in [3.63, 3.8) is 0 Å². The van der Waals surface area contributed by atoms with Gasteiger partial charge in [0, 0.05) is 20.2 Å². The molecule has 0 aliphatic heterocycles. The van der Waals surface area contributed by atoms with Crippen molar-refractivity contribution < 1.29 is 14.6 Å². The van der Waals surface area contributed by atoms with Crippen molar-refractivity contribution in [1.82, 2.24) is 10.6 Å². The summed E-state index contributed by atoms with van der Waals surface area (Å²) in [5.74, 6) is 0. The van der Waals surface area contributed by atoms with Gasteiger partial charge >= 0.3 is 6.03 Å². The Kier molecular flexibility index (Phi) is 7.04. The van der Waals surface area contributed by atoms with Gasteiger partial charge in [-0.3, -0.25) is 0 Å². The number of methoxy groups -OCH3 is 1. The Morgan fingerprint density at radius 2 is 1.90 bits per heavy atom. The molecule has 0 fully saturated rings. The fourth-order valence-corrected chi connectivity index (χ4v) is 2.06. The van der Waals surface area contributed by atoms with Crippen molar-refractivity contribution in [1.29, 1.82) is 0 Å². The smallest absolute Gasteiger partial charge is 0.314 e. The Hall–Kier alpha value is -1.59. The number of aryl methyl sites for hydroxylation is 2. The van der Waals surface area contributed by atoms with Gasteiger partial charge in [-0.25, -0.2) is 4.79 Å². The highest BCUT2D eigenvalue weighted by Gasteiger charge is 2.06. The molecule has 0 aromatic heterocycles. The molecule has 1 unspecified atom stereocenters. The molecule has 5 nitrogen and oxygen atoms in total. The second kappa shape index (κ2) is 8.55. The third-order valence-electron chi connectivity index (χ3n) is 2.84. The van der Waals surface area contributed by atoms with Crippen LogP contribution in [0.25, 0.3) is 0 Å². The van der Waals surface area contributed by atoms with Gasteiger partial charge in [0.1, 0.15) is 0 Å². The van der Waals surface area contributed by atoms with E-state index >= 15 is 0 Å².